The molecule has 0 fully saturated rings. The zero-order valence-electron chi connectivity index (χ0n) is 18.1. The number of para-hydroxylation sites is 2. The maximum atomic E-state index is 12.3. The first-order valence-corrected chi connectivity index (χ1v) is 12.1. The van der Waals surface area contributed by atoms with Gasteiger partial charge in [-0.25, -0.2) is 4.98 Å². The summed E-state index contributed by atoms with van der Waals surface area (Å²) < 4.78 is 7.50. The zero-order valence-corrected chi connectivity index (χ0v) is 19.7. The standard InChI is InChI=1S/C24H23N5O2S2/c1-3-13-29-23(19-11-7-8-12-20(19)31-2)27-28-24(29)33-16-18-15-32-22(26-18)14-21(30)25-17-9-5-4-6-10-17/h3-12,15H,1,13-14,16H2,2H3,(H,25,30). The Kier molecular flexibility index (Phi) is 7.54. The van der Waals surface area contributed by atoms with Gasteiger partial charge in [-0.15, -0.1) is 28.1 Å². The van der Waals surface area contributed by atoms with Gasteiger partial charge in [-0.2, -0.15) is 0 Å². The van der Waals surface area contributed by atoms with Gasteiger partial charge >= 0.3 is 0 Å². The SMILES string of the molecule is C=CCn1c(SCc2csc(CC(=O)Nc3ccccc3)n2)nnc1-c1ccccc1OC. The molecule has 2 aromatic carbocycles. The summed E-state index contributed by atoms with van der Waals surface area (Å²) in [5.41, 5.74) is 2.56. The zero-order chi connectivity index (χ0) is 23.0. The number of hydrogen-bond acceptors (Lipinski definition) is 7. The smallest absolute Gasteiger partial charge is 0.231 e. The van der Waals surface area contributed by atoms with Gasteiger partial charge in [0.2, 0.25) is 5.91 Å². The van der Waals surface area contributed by atoms with Crippen LogP contribution in [0, 0.1) is 0 Å². The number of carbonyl (C=O) groups is 1. The molecule has 2 heterocycles. The third-order valence-electron chi connectivity index (χ3n) is 4.69. The molecule has 0 aliphatic heterocycles. The van der Waals surface area contributed by atoms with Crippen LogP contribution in [-0.4, -0.2) is 32.8 Å². The predicted octanol–water partition coefficient (Wildman–Crippen LogP) is 5.07. The lowest BCUT2D eigenvalue weighted by atomic mass is 10.2. The number of nitrogens with zero attached hydrogens (tertiary/aromatic N) is 4. The number of ether oxygens (including phenoxy) is 1. The summed E-state index contributed by atoms with van der Waals surface area (Å²) in [6, 6.07) is 17.1. The molecule has 0 saturated carbocycles. The van der Waals surface area contributed by atoms with Crippen LogP contribution >= 0.6 is 23.1 Å². The number of methoxy groups -OCH3 is 1. The van der Waals surface area contributed by atoms with Crippen LogP contribution in [0.3, 0.4) is 0 Å². The molecule has 7 nitrogen and oxygen atoms in total. The van der Waals surface area contributed by atoms with Crippen molar-refractivity contribution < 1.29 is 9.53 Å². The number of benzene rings is 2. The van der Waals surface area contributed by atoms with E-state index in [1.165, 1.54) is 11.3 Å². The van der Waals surface area contributed by atoms with Crippen LogP contribution in [0.4, 0.5) is 5.69 Å². The van der Waals surface area contributed by atoms with Crippen molar-refractivity contribution in [1.82, 2.24) is 19.7 Å². The Morgan fingerprint density at radius 1 is 1.18 bits per heavy atom. The Morgan fingerprint density at radius 2 is 1.97 bits per heavy atom. The highest BCUT2D eigenvalue weighted by atomic mass is 32.2. The van der Waals surface area contributed by atoms with Gasteiger partial charge < -0.3 is 10.1 Å². The molecule has 0 bridgehead atoms. The molecule has 4 aromatic rings. The van der Waals surface area contributed by atoms with Crippen molar-refractivity contribution in [3.8, 4) is 17.1 Å². The van der Waals surface area contributed by atoms with Gasteiger partial charge in [0.1, 0.15) is 10.8 Å². The van der Waals surface area contributed by atoms with Gasteiger partial charge in [0.15, 0.2) is 11.0 Å². The minimum absolute atomic E-state index is 0.0815. The van der Waals surface area contributed by atoms with Gasteiger partial charge in [-0.3, -0.25) is 9.36 Å². The van der Waals surface area contributed by atoms with Crippen LogP contribution in [0.15, 0.2) is 77.8 Å². The number of thiazole rings is 1. The lowest BCUT2D eigenvalue weighted by molar-refractivity contribution is -0.115. The van der Waals surface area contributed by atoms with Crippen molar-refractivity contribution in [3.05, 3.63) is 83.3 Å². The molecule has 1 N–H and O–H groups in total. The van der Waals surface area contributed by atoms with Gasteiger partial charge in [-0.05, 0) is 24.3 Å². The highest BCUT2D eigenvalue weighted by Gasteiger charge is 2.17. The average Bonchev–Trinajstić information content (AvgIpc) is 3.45. The van der Waals surface area contributed by atoms with Crippen molar-refractivity contribution in [3.63, 3.8) is 0 Å². The Hall–Kier alpha value is -3.43. The summed E-state index contributed by atoms with van der Waals surface area (Å²) in [4.78, 5) is 16.9. The van der Waals surface area contributed by atoms with Crippen molar-refractivity contribution in [2.75, 3.05) is 12.4 Å². The highest BCUT2D eigenvalue weighted by Crippen LogP contribution is 2.32. The van der Waals surface area contributed by atoms with E-state index < -0.39 is 0 Å². The third kappa shape index (κ3) is 5.68. The monoisotopic (exact) mass is 477 g/mol. The fourth-order valence-corrected chi connectivity index (χ4v) is 4.95. The molecule has 0 atom stereocenters. The number of anilines is 1. The van der Waals surface area contributed by atoms with Crippen molar-refractivity contribution in [2.24, 2.45) is 0 Å². The molecule has 0 aliphatic carbocycles. The Morgan fingerprint density at radius 3 is 2.76 bits per heavy atom. The van der Waals surface area contributed by atoms with Crippen molar-refractivity contribution in [1.29, 1.82) is 0 Å². The normalized spacial score (nSPS) is 10.7. The molecular weight excluding hydrogens is 454 g/mol. The lowest BCUT2D eigenvalue weighted by Crippen LogP contribution is -2.14. The summed E-state index contributed by atoms with van der Waals surface area (Å²) in [6.45, 7) is 4.44. The van der Waals surface area contributed by atoms with E-state index in [0.717, 1.165) is 38.7 Å². The van der Waals surface area contributed by atoms with Gasteiger partial charge in [0, 0.05) is 23.4 Å². The number of nitrogens with one attached hydrogen (secondary N) is 1. The van der Waals surface area contributed by atoms with E-state index in [0.29, 0.717) is 12.3 Å². The number of allylic oxidation sites excluding steroid dienone is 1. The average molecular weight is 478 g/mol. The maximum Gasteiger partial charge on any atom is 0.231 e. The van der Waals surface area contributed by atoms with Crippen molar-refractivity contribution >= 4 is 34.7 Å². The van der Waals surface area contributed by atoms with Crippen LogP contribution in [0.5, 0.6) is 5.75 Å². The fourth-order valence-electron chi connectivity index (χ4n) is 3.22. The summed E-state index contributed by atoms with van der Waals surface area (Å²) in [7, 11) is 1.64. The van der Waals surface area contributed by atoms with E-state index in [1.54, 1.807) is 18.9 Å². The molecule has 0 aliphatic rings. The van der Waals surface area contributed by atoms with Crippen LogP contribution in [0.2, 0.25) is 0 Å². The topological polar surface area (TPSA) is 81.9 Å². The number of thioether (sulfide) groups is 1. The Labute approximate surface area is 200 Å². The van der Waals surface area contributed by atoms with E-state index in [4.69, 9.17) is 4.74 Å². The van der Waals surface area contributed by atoms with Crippen LogP contribution in [-0.2, 0) is 23.5 Å². The second-order valence-corrected chi connectivity index (χ2v) is 8.90. The maximum absolute atomic E-state index is 12.3. The number of amides is 1. The quantitative estimate of drug-likeness (QED) is 0.254. The first-order chi connectivity index (χ1) is 16.2. The molecule has 1 amide bonds. The van der Waals surface area contributed by atoms with Gasteiger partial charge in [0.25, 0.3) is 0 Å². The molecule has 0 spiro atoms. The van der Waals surface area contributed by atoms with Gasteiger partial charge in [0.05, 0.1) is 24.8 Å². The van der Waals surface area contributed by atoms with Crippen LogP contribution < -0.4 is 10.1 Å². The number of rotatable bonds is 10. The van der Waals surface area contributed by atoms with Crippen LogP contribution in [0.1, 0.15) is 10.7 Å². The first kappa shape index (κ1) is 22.8. The largest absolute Gasteiger partial charge is 0.496 e. The lowest BCUT2D eigenvalue weighted by Gasteiger charge is -2.10. The fraction of sp³-hybridized carbons (Fsp3) is 0.167. The molecule has 2 aromatic heterocycles. The highest BCUT2D eigenvalue weighted by molar-refractivity contribution is 7.98. The van der Waals surface area contributed by atoms with E-state index >= 15 is 0 Å². The first-order valence-electron chi connectivity index (χ1n) is 10.3. The van der Waals surface area contributed by atoms with E-state index in [1.807, 2.05) is 70.6 Å². The van der Waals surface area contributed by atoms with E-state index in [-0.39, 0.29) is 12.3 Å². The third-order valence-corrected chi connectivity index (χ3v) is 6.59. The minimum Gasteiger partial charge on any atom is -0.496 e. The van der Waals surface area contributed by atoms with E-state index in [9.17, 15) is 4.79 Å². The minimum atomic E-state index is -0.0815. The molecule has 4 rings (SSSR count). The molecule has 0 saturated heterocycles. The molecule has 33 heavy (non-hydrogen) atoms. The number of hydrogen-bond donors (Lipinski definition) is 1. The van der Waals surface area contributed by atoms with Crippen molar-refractivity contribution in [2.45, 2.75) is 23.9 Å². The summed E-state index contributed by atoms with van der Waals surface area (Å²) >= 11 is 3.03. The molecule has 9 heteroatoms. The summed E-state index contributed by atoms with van der Waals surface area (Å²) in [6.07, 6.45) is 2.06. The summed E-state index contributed by atoms with van der Waals surface area (Å²) in [5.74, 6) is 2.01. The molecule has 168 valence electrons. The predicted molar refractivity (Wildman–Crippen MR) is 133 cm³/mol. The molecule has 0 unspecified atom stereocenters. The van der Waals surface area contributed by atoms with Crippen LogP contribution in [0.25, 0.3) is 11.4 Å². The summed E-state index contributed by atoms with van der Waals surface area (Å²) in [5, 5.41) is 15.2. The second kappa shape index (κ2) is 10.9. The second-order valence-electron chi connectivity index (χ2n) is 7.02. The molecule has 0 radical (unpaired) electrons. The van der Waals surface area contributed by atoms with E-state index in [2.05, 4.69) is 27.1 Å². The van der Waals surface area contributed by atoms with Gasteiger partial charge in [-0.1, -0.05) is 48.2 Å². The Balaban J connectivity index is 1.42. The number of aromatic nitrogens is 4. The molecular formula is C24H23N5O2S2. The Bertz CT molecular complexity index is 1240. The number of carbonyl (C=O) groups excluding carboxylic acids is 1.